The fourth-order valence-corrected chi connectivity index (χ4v) is 2.48. The number of nitrogens with one attached hydrogen (secondary N) is 2. The van der Waals surface area contributed by atoms with E-state index in [2.05, 4.69) is 15.3 Å². The van der Waals surface area contributed by atoms with Crippen LogP contribution in [0.2, 0.25) is 0 Å². The summed E-state index contributed by atoms with van der Waals surface area (Å²) in [5.41, 5.74) is 5.58. The Morgan fingerprint density at radius 3 is 3.00 bits per heavy atom. The average Bonchev–Trinajstić information content (AvgIpc) is 2.75. The minimum Gasteiger partial charge on any atom is -0.384 e. The molecule has 0 aliphatic carbocycles. The molecule has 0 aliphatic heterocycles. The zero-order valence-corrected chi connectivity index (χ0v) is 9.76. The number of H-pyrrole nitrogens is 1. The van der Waals surface area contributed by atoms with Crippen LogP contribution in [0, 0.1) is 3.95 Å². The van der Waals surface area contributed by atoms with Gasteiger partial charge in [-0.3, -0.25) is 10.1 Å². The number of nitrogens with two attached hydrogens (primary N) is 1. The Hall–Kier alpha value is -1.25. The van der Waals surface area contributed by atoms with E-state index >= 15 is 0 Å². The number of rotatable bonds is 2. The van der Waals surface area contributed by atoms with Crippen LogP contribution >= 0.6 is 34.9 Å². The maximum absolute atomic E-state index is 11.7. The van der Waals surface area contributed by atoms with Crippen LogP contribution in [0.5, 0.6) is 0 Å². The first kappa shape index (κ1) is 10.3. The maximum atomic E-state index is 11.7. The van der Waals surface area contributed by atoms with Gasteiger partial charge in [-0.25, -0.2) is 4.98 Å². The molecule has 0 atom stereocenters. The third-order valence-corrected chi connectivity index (χ3v) is 3.47. The van der Waals surface area contributed by atoms with Crippen LogP contribution in [0.3, 0.4) is 0 Å². The van der Waals surface area contributed by atoms with Gasteiger partial charge in [-0.15, -0.1) is 11.3 Å². The highest BCUT2D eigenvalue weighted by molar-refractivity contribution is 7.73. The lowest BCUT2D eigenvalue weighted by Gasteiger charge is -1.98. The molecule has 0 unspecified atom stereocenters. The molecular weight excluding hydrogens is 252 g/mol. The smallest absolute Gasteiger partial charge is 0.271 e. The Balaban J connectivity index is 2.22. The van der Waals surface area contributed by atoms with Gasteiger partial charge in [0, 0.05) is 11.6 Å². The summed E-state index contributed by atoms with van der Waals surface area (Å²) in [6, 6.07) is 0. The molecule has 0 aliphatic rings. The van der Waals surface area contributed by atoms with E-state index < -0.39 is 0 Å². The van der Waals surface area contributed by atoms with Gasteiger partial charge in [-0.05, 0) is 12.2 Å². The first-order valence-corrected chi connectivity index (χ1v) is 5.96. The van der Waals surface area contributed by atoms with Gasteiger partial charge in [0.2, 0.25) is 0 Å². The van der Waals surface area contributed by atoms with E-state index in [9.17, 15) is 4.79 Å². The zero-order valence-electron chi connectivity index (χ0n) is 7.31. The van der Waals surface area contributed by atoms with Crippen LogP contribution in [0.15, 0.2) is 11.6 Å². The van der Waals surface area contributed by atoms with Crippen LogP contribution in [-0.4, -0.2) is 15.9 Å². The number of hydrogen-bond acceptors (Lipinski definition) is 6. The van der Waals surface area contributed by atoms with Crippen molar-refractivity contribution in [2.45, 2.75) is 0 Å². The van der Waals surface area contributed by atoms with Gasteiger partial charge < -0.3 is 10.7 Å². The fraction of sp³-hybridized carbons (Fsp3) is 0. The predicted molar refractivity (Wildman–Crippen MR) is 64.0 cm³/mol. The van der Waals surface area contributed by atoms with Crippen molar-refractivity contribution in [3.05, 3.63) is 20.4 Å². The molecule has 0 fully saturated rings. The monoisotopic (exact) mass is 258 g/mol. The molecule has 0 bridgehead atoms. The van der Waals surface area contributed by atoms with Crippen molar-refractivity contribution in [3.63, 3.8) is 0 Å². The number of hydrogen-bond donors (Lipinski definition) is 3. The van der Waals surface area contributed by atoms with Gasteiger partial charge in [-0.2, -0.15) is 0 Å². The predicted octanol–water partition coefficient (Wildman–Crippen LogP) is 2.10. The molecule has 0 saturated carbocycles. The molecule has 4 N–H and O–H groups in total. The Kier molecular flexibility index (Phi) is 2.80. The first-order valence-electron chi connectivity index (χ1n) is 3.86. The number of thiazole rings is 2. The van der Waals surface area contributed by atoms with Crippen LogP contribution in [0.25, 0.3) is 0 Å². The first-order chi connectivity index (χ1) is 7.16. The summed E-state index contributed by atoms with van der Waals surface area (Å²) in [7, 11) is 0. The maximum Gasteiger partial charge on any atom is 0.271 e. The number of carbonyl (C=O) groups excluding carboxylic acids is 1. The summed E-state index contributed by atoms with van der Waals surface area (Å²) in [6.07, 6.45) is 1.61. The van der Waals surface area contributed by atoms with Crippen molar-refractivity contribution in [2.75, 3.05) is 11.1 Å². The highest BCUT2D eigenvalue weighted by atomic mass is 32.1. The summed E-state index contributed by atoms with van der Waals surface area (Å²) >= 11 is 7.36. The normalized spacial score (nSPS) is 10.1. The number of carbonyl (C=O) groups is 1. The van der Waals surface area contributed by atoms with Crippen LogP contribution in [0.4, 0.5) is 10.9 Å². The van der Waals surface area contributed by atoms with Gasteiger partial charge in [0.1, 0.15) is 10.7 Å². The van der Waals surface area contributed by atoms with Gasteiger partial charge in [0.25, 0.3) is 5.91 Å². The number of aromatic amines is 1. The number of anilines is 2. The molecular formula is C7H6N4OS3. The van der Waals surface area contributed by atoms with Crippen molar-refractivity contribution < 1.29 is 4.79 Å². The topological polar surface area (TPSA) is 83.8 Å². The number of aromatic nitrogens is 2. The Labute approximate surface area is 98.0 Å². The molecule has 2 heterocycles. The minimum absolute atomic E-state index is 0.291. The molecule has 78 valence electrons. The molecule has 0 aromatic carbocycles. The molecule has 0 radical (unpaired) electrons. The largest absolute Gasteiger partial charge is 0.384 e. The fourth-order valence-electron chi connectivity index (χ4n) is 0.948. The Morgan fingerprint density at radius 2 is 2.47 bits per heavy atom. The standard InChI is InChI=1S/C7H6N4OS3/c8-4-3(15-7(13)10-4)5(12)11-6-9-1-2-14-6/h1-2H,8H2,(H,10,13)(H,9,11,12). The summed E-state index contributed by atoms with van der Waals surface area (Å²) in [6.45, 7) is 0. The number of nitrogens with zero attached hydrogens (tertiary/aromatic N) is 1. The summed E-state index contributed by atoms with van der Waals surface area (Å²) in [5, 5.41) is 4.94. The third kappa shape index (κ3) is 2.22. The average molecular weight is 258 g/mol. The molecule has 15 heavy (non-hydrogen) atoms. The number of nitrogen functional groups attached to an aromatic ring is 1. The molecule has 0 saturated heterocycles. The van der Waals surface area contributed by atoms with Crippen LogP contribution in [0.1, 0.15) is 9.67 Å². The van der Waals surface area contributed by atoms with Crippen molar-refractivity contribution in [1.29, 1.82) is 0 Å². The van der Waals surface area contributed by atoms with Gasteiger partial charge >= 0.3 is 0 Å². The number of amides is 1. The van der Waals surface area contributed by atoms with Crippen molar-refractivity contribution in [2.24, 2.45) is 0 Å². The third-order valence-electron chi connectivity index (χ3n) is 1.54. The zero-order chi connectivity index (χ0) is 10.8. The summed E-state index contributed by atoms with van der Waals surface area (Å²) in [4.78, 5) is 18.7. The van der Waals surface area contributed by atoms with Gasteiger partial charge in [0.15, 0.2) is 9.09 Å². The van der Waals surface area contributed by atoms with E-state index in [-0.39, 0.29) is 5.91 Å². The molecule has 8 heteroatoms. The van der Waals surface area contributed by atoms with Crippen LogP contribution in [-0.2, 0) is 0 Å². The second-order valence-corrected chi connectivity index (χ2v) is 5.13. The van der Waals surface area contributed by atoms with Crippen molar-refractivity contribution in [3.8, 4) is 0 Å². The molecule has 2 aromatic heterocycles. The summed E-state index contributed by atoms with van der Waals surface area (Å²) < 4.78 is 0.483. The molecule has 5 nitrogen and oxygen atoms in total. The van der Waals surface area contributed by atoms with Gasteiger partial charge in [-0.1, -0.05) is 11.3 Å². The lowest BCUT2D eigenvalue weighted by atomic mass is 10.5. The Bertz CT molecular complexity index is 527. The van der Waals surface area contributed by atoms with E-state index in [1.54, 1.807) is 11.6 Å². The van der Waals surface area contributed by atoms with Crippen molar-refractivity contribution in [1.82, 2.24) is 9.97 Å². The van der Waals surface area contributed by atoms with E-state index in [1.807, 2.05) is 0 Å². The molecule has 1 amide bonds. The van der Waals surface area contributed by atoms with E-state index in [4.69, 9.17) is 18.0 Å². The van der Waals surface area contributed by atoms with Gasteiger partial charge in [0.05, 0.1) is 0 Å². The Morgan fingerprint density at radius 1 is 1.67 bits per heavy atom. The van der Waals surface area contributed by atoms with E-state index in [0.29, 0.717) is 19.8 Å². The molecule has 2 rings (SSSR count). The molecule has 2 aromatic rings. The highest BCUT2D eigenvalue weighted by Gasteiger charge is 2.13. The van der Waals surface area contributed by atoms with E-state index in [1.165, 1.54) is 11.3 Å². The van der Waals surface area contributed by atoms with E-state index in [0.717, 1.165) is 11.3 Å². The van der Waals surface area contributed by atoms with Crippen LogP contribution < -0.4 is 11.1 Å². The summed E-state index contributed by atoms with van der Waals surface area (Å²) in [5.74, 6) is -0.00106. The van der Waals surface area contributed by atoms with Crippen molar-refractivity contribution >= 4 is 51.7 Å². The molecule has 0 spiro atoms. The quantitative estimate of drug-likeness (QED) is 0.720. The lowest BCUT2D eigenvalue weighted by molar-refractivity contribution is 0.103. The lowest BCUT2D eigenvalue weighted by Crippen LogP contribution is -2.11. The highest BCUT2D eigenvalue weighted by Crippen LogP contribution is 2.19. The second-order valence-electron chi connectivity index (χ2n) is 2.55. The SMILES string of the molecule is Nc1[nH]c(=S)sc1C(=O)Nc1nccs1. The second kappa shape index (κ2) is 4.09. The minimum atomic E-state index is -0.292.